The van der Waals surface area contributed by atoms with Gasteiger partial charge in [0.05, 0.1) is 0 Å². The van der Waals surface area contributed by atoms with Gasteiger partial charge in [0.1, 0.15) is 0 Å². The molecule has 0 aromatic rings. The highest BCUT2D eigenvalue weighted by molar-refractivity contribution is 5.85. The summed E-state index contributed by atoms with van der Waals surface area (Å²) in [7, 11) is 4.88. The SMILES string of the molecule is CN.CN(C)C=O.Cl.N#CC#N. The summed E-state index contributed by atoms with van der Waals surface area (Å²) in [5, 5.41) is 14.5. The molecule has 0 aromatic carbocycles. The smallest absolute Gasteiger partial charge is 0.209 e. The first-order chi connectivity index (χ1) is 5.18. The van der Waals surface area contributed by atoms with Gasteiger partial charge in [-0.15, -0.1) is 12.4 Å². The van der Waals surface area contributed by atoms with Crippen LogP contribution < -0.4 is 5.73 Å². The van der Waals surface area contributed by atoms with Gasteiger partial charge in [0, 0.05) is 14.1 Å². The van der Waals surface area contributed by atoms with E-state index in [-0.39, 0.29) is 12.4 Å². The van der Waals surface area contributed by atoms with Crippen LogP contribution in [0.3, 0.4) is 0 Å². The summed E-state index contributed by atoms with van der Waals surface area (Å²) in [5.74, 6) is 0. The second-order valence-corrected chi connectivity index (χ2v) is 1.29. The van der Waals surface area contributed by atoms with Gasteiger partial charge in [-0.1, -0.05) is 0 Å². The van der Waals surface area contributed by atoms with E-state index < -0.39 is 0 Å². The van der Waals surface area contributed by atoms with Gasteiger partial charge in [0.2, 0.25) is 6.41 Å². The normalized spacial score (nSPS) is 4.17. The predicted octanol–water partition coefficient (Wildman–Crippen LogP) is -0.265. The highest BCUT2D eigenvalue weighted by Gasteiger charge is 1.68. The van der Waals surface area contributed by atoms with Crippen LogP contribution in [0, 0.1) is 22.7 Å². The van der Waals surface area contributed by atoms with Crippen LogP contribution in [0.25, 0.3) is 0 Å². The van der Waals surface area contributed by atoms with E-state index in [1.807, 2.05) is 0 Å². The molecule has 0 aliphatic carbocycles. The minimum Gasteiger partial charge on any atom is -0.351 e. The fourth-order valence-corrected chi connectivity index (χ4v) is 0. The molecule has 0 radical (unpaired) electrons. The lowest BCUT2D eigenvalue weighted by molar-refractivity contribution is -0.115. The van der Waals surface area contributed by atoms with Crippen molar-refractivity contribution in [3.63, 3.8) is 0 Å². The minimum atomic E-state index is 0. The van der Waals surface area contributed by atoms with E-state index in [1.165, 1.54) is 24.1 Å². The summed E-state index contributed by atoms with van der Waals surface area (Å²) in [6.07, 6.45) is 0.750. The van der Waals surface area contributed by atoms with Crippen LogP contribution in [0.2, 0.25) is 0 Å². The Morgan fingerprint density at radius 2 is 1.42 bits per heavy atom. The standard InChI is InChI=1S/C3H7NO.C2N2.CH5N.ClH/c1-4(2)3-5;3-1-2-4;1-2;/h3H,1-2H3;;2H2,1H3;1H. The zero-order valence-electron chi connectivity index (χ0n) is 7.31. The highest BCUT2D eigenvalue weighted by Crippen LogP contribution is 1.52. The van der Waals surface area contributed by atoms with Crippen LogP contribution in [0.15, 0.2) is 0 Å². The average molecular weight is 193 g/mol. The summed E-state index contributed by atoms with van der Waals surface area (Å²) in [6, 6.07) is 2.47. The topological polar surface area (TPSA) is 93.9 Å². The van der Waals surface area contributed by atoms with Crippen molar-refractivity contribution < 1.29 is 4.79 Å². The molecule has 0 aliphatic heterocycles. The zero-order valence-corrected chi connectivity index (χ0v) is 8.13. The molecule has 0 heterocycles. The molecule has 70 valence electrons. The predicted molar refractivity (Wildman–Crippen MR) is 48.3 cm³/mol. The second-order valence-electron chi connectivity index (χ2n) is 1.29. The second kappa shape index (κ2) is 33.2. The first-order valence-electron chi connectivity index (χ1n) is 2.66. The van der Waals surface area contributed by atoms with Gasteiger partial charge in [-0.25, -0.2) is 0 Å². The number of hydrogen-bond acceptors (Lipinski definition) is 4. The Balaban J connectivity index is -0.0000000419. The van der Waals surface area contributed by atoms with Crippen LogP contribution in [-0.4, -0.2) is 32.5 Å². The summed E-state index contributed by atoms with van der Waals surface area (Å²) in [5.41, 5.74) is 4.50. The van der Waals surface area contributed by atoms with Crippen molar-refractivity contribution in [3.05, 3.63) is 0 Å². The van der Waals surface area contributed by atoms with E-state index in [4.69, 9.17) is 10.5 Å². The fourth-order valence-electron chi connectivity index (χ4n) is 0. The van der Waals surface area contributed by atoms with Crippen LogP contribution in [0.5, 0.6) is 0 Å². The molecule has 0 unspecified atom stereocenters. The lowest BCUT2D eigenvalue weighted by Gasteiger charge is -1.93. The van der Waals surface area contributed by atoms with E-state index in [9.17, 15) is 4.79 Å². The third-order valence-corrected chi connectivity index (χ3v) is 0.261. The van der Waals surface area contributed by atoms with Gasteiger partial charge in [-0.05, 0) is 7.05 Å². The van der Waals surface area contributed by atoms with Crippen molar-refractivity contribution in [2.75, 3.05) is 21.1 Å². The maximum Gasteiger partial charge on any atom is 0.209 e. The first-order valence-corrected chi connectivity index (χ1v) is 2.66. The number of rotatable bonds is 1. The molecule has 0 aliphatic rings. The molecule has 0 aromatic heterocycles. The van der Waals surface area contributed by atoms with Crippen molar-refractivity contribution in [2.45, 2.75) is 0 Å². The largest absolute Gasteiger partial charge is 0.351 e. The number of carbonyl (C=O) groups excluding carboxylic acids is 1. The number of carbonyl (C=O) groups is 1. The monoisotopic (exact) mass is 192 g/mol. The average Bonchev–Trinajstić information content (AvgIpc) is 2.08. The zero-order chi connectivity index (χ0) is 9.70. The first kappa shape index (κ1) is 22.4. The Labute approximate surface area is 78.8 Å². The van der Waals surface area contributed by atoms with E-state index in [2.05, 4.69) is 5.73 Å². The van der Waals surface area contributed by atoms with Gasteiger partial charge in [0.15, 0.2) is 12.1 Å². The Hall–Kier alpha value is -1.30. The Kier molecular flexibility index (Phi) is 62.1. The summed E-state index contributed by atoms with van der Waals surface area (Å²) >= 11 is 0. The Morgan fingerprint density at radius 1 is 1.25 bits per heavy atom. The molecule has 12 heavy (non-hydrogen) atoms. The van der Waals surface area contributed by atoms with E-state index in [1.54, 1.807) is 14.1 Å². The van der Waals surface area contributed by atoms with Crippen molar-refractivity contribution in [3.8, 4) is 12.1 Å². The van der Waals surface area contributed by atoms with Gasteiger partial charge in [-0.2, -0.15) is 10.5 Å². The van der Waals surface area contributed by atoms with Crippen molar-refractivity contribution in [2.24, 2.45) is 5.73 Å². The molecule has 0 atom stereocenters. The number of nitrogens with two attached hydrogens (primary N) is 1. The molecule has 0 saturated heterocycles. The molecule has 0 saturated carbocycles. The maximum absolute atomic E-state index is 9.43. The molecule has 2 N–H and O–H groups in total. The third-order valence-electron chi connectivity index (χ3n) is 0.261. The number of nitriles is 2. The summed E-state index contributed by atoms with van der Waals surface area (Å²) < 4.78 is 0. The summed E-state index contributed by atoms with van der Waals surface area (Å²) in [6.45, 7) is 0. The van der Waals surface area contributed by atoms with Crippen molar-refractivity contribution in [1.29, 1.82) is 10.5 Å². The molecular formula is C6H13ClN4O. The molecule has 1 amide bonds. The summed E-state index contributed by atoms with van der Waals surface area (Å²) in [4.78, 5) is 10.9. The quantitative estimate of drug-likeness (QED) is 0.579. The van der Waals surface area contributed by atoms with Crippen molar-refractivity contribution >= 4 is 18.8 Å². The molecular weight excluding hydrogens is 180 g/mol. The van der Waals surface area contributed by atoms with Gasteiger partial charge in [0.25, 0.3) is 0 Å². The number of amides is 1. The molecule has 6 heteroatoms. The van der Waals surface area contributed by atoms with Crippen LogP contribution in [-0.2, 0) is 4.79 Å². The van der Waals surface area contributed by atoms with Crippen LogP contribution in [0.4, 0.5) is 0 Å². The lowest BCUT2D eigenvalue weighted by atomic mass is 10.9. The Morgan fingerprint density at radius 3 is 1.42 bits per heavy atom. The number of hydrogen-bond donors (Lipinski definition) is 1. The minimum absolute atomic E-state index is 0. The third kappa shape index (κ3) is 178. The Bertz CT molecular complexity index is 135. The molecule has 0 bridgehead atoms. The molecule has 0 fully saturated rings. The van der Waals surface area contributed by atoms with E-state index >= 15 is 0 Å². The van der Waals surface area contributed by atoms with E-state index in [0.717, 1.165) is 6.41 Å². The number of halogens is 1. The van der Waals surface area contributed by atoms with Crippen LogP contribution >= 0.6 is 12.4 Å². The van der Waals surface area contributed by atoms with E-state index in [0.29, 0.717) is 0 Å². The number of nitrogens with zero attached hydrogens (tertiary/aromatic N) is 3. The van der Waals surface area contributed by atoms with Crippen LogP contribution in [0.1, 0.15) is 0 Å². The van der Waals surface area contributed by atoms with Gasteiger partial charge < -0.3 is 10.6 Å². The molecule has 0 spiro atoms. The molecule has 5 nitrogen and oxygen atoms in total. The van der Waals surface area contributed by atoms with Crippen molar-refractivity contribution in [1.82, 2.24) is 4.90 Å². The highest BCUT2D eigenvalue weighted by atomic mass is 35.5. The molecule has 0 rings (SSSR count). The lowest BCUT2D eigenvalue weighted by Crippen LogP contribution is -2.06. The fraction of sp³-hybridized carbons (Fsp3) is 0.500. The van der Waals surface area contributed by atoms with Gasteiger partial charge >= 0.3 is 0 Å². The van der Waals surface area contributed by atoms with Gasteiger partial charge in [-0.3, -0.25) is 4.79 Å². The maximum atomic E-state index is 9.43.